The number of rotatable bonds is 4. The molecule has 0 unspecified atom stereocenters. The van der Waals surface area contributed by atoms with E-state index >= 15 is 0 Å². The van der Waals surface area contributed by atoms with Gasteiger partial charge in [0.15, 0.2) is 0 Å². The lowest BCUT2D eigenvalue weighted by Crippen LogP contribution is -2.43. The fourth-order valence-corrected chi connectivity index (χ4v) is 1.91. The van der Waals surface area contributed by atoms with Crippen LogP contribution in [0.25, 0.3) is 0 Å². The summed E-state index contributed by atoms with van der Waals surface area (Å²) in [5.41, 5.74) is -3.07. The molecule has 0 radical (unpaired) electrons. The van der Waals surface area contributed by atoms with Crippen LogP contribution in [0.5, 0.6) is 0 Å². The van der Waals surface area contributed by atoms with Gasteiger partial charge in [0.05, 0.1) is 10.5 Å². The van der Waals surface area contributed by atoms with Gasteiger partial charge < -0.3 is 10.4 Å². The predicted molar refractivity (Wildman–Crippen MR) is 63.2 cm³/mol. The number of nitrogens with zero attached hydrogens (tertiary/aromatic N) is 2. The lowest BCUT2D eigenvalue weighted by molar-refractivity contribution is -0.384. The van der Waals surface area contributed by atoms with Crippen molar-refractivity contribution in [1.29, 1.82) is 0 Å². The third kappa shape index (κ3) is 2.98. The van der Waals surface area contributed by atoms with E-state index < -0.39 is 28.1 Å². The minimum Gasteiger partial charge on any atom is -0.388 e. The summed E-state index contributed by atoms with van der Waals surface area (Å²) in [5.74, 6) is 0. The Kier molecular flexibility index (Phi) is 3.55. The van der Waals surface area contributed by atoms with Gasteiger partial charge in [-0.15, -0.1) is 0 Å². The molecular weight excluding hydrogens is 279 g/mol. The van der Waals surface area contributed by atoms with Crippen molar-refractivity contribution in [2.24, 2.45) is 0 Å². The molecule has 1 aromatic heterocycles. The lowest BCUT2D eigenvalue weighted by Gasteiger charge is -2.36. The highest BCUT2D eigenvalue weighted by molar-refractivity contribution is 5.61. The number of halogens is 3. The highest BCUT2D eigenvalue weighted by atomic mass is 19.4. The molecule has 1 aliphatic carbocycles. The van der Waals surface area contributed by atoms with Gasteiger partial charge in [-0.05, 0) is 25.3 Å². The van der Waals surface area contributed by atoms with Crippen LogP contribution in [-0.4, -0.2) is 27.2 Å². The number of pyridine rings is 1. The Bertz CT molecular complexity index is 529. The Labute approximate surface area is 111 Å². The van der Waals surface area contributed by atoms with Gasteiger partial charge in [-0.2, -0.15) is 13.2 Å². The predicted octanol–water partition coefficient (Wildman–Crippen LogP) is 2.34. The molecule has 1 aliphatic rings. The summed E-state index contributed by atoms with van der Waals surface area (Å²) in [6, 6.07) is 0.583. The zero-order valence-electron chi connectivity index (χ0n) is 10.3. The second-order valence-electron chi connectivity index (χ2n) is 4.77. The number of hydrogen-bond acceptors (Lipinski definition) is 5. The highest BCUT2D eigenvalue weighted by Gasteiger charge is 2.36. The second kappa shape index (κ2) is 4.89. The van der Waals surface area contributed by atoms with Gasteiger partial charge in [-0.25, -0.2) is 4.98 Å². The maximum atomic E-state index is 12.5. The van der Waals surface area contributed by atoms with Crippen LogP contribution < -0.4 is 5.32 Å². The number of hydrogen-bond donors (Lipinski definition) is 2. The largest absolute Gasteiger partial charge is 0.433 e. The maximum Gasteiger partial charge on any atom is 0.433 e. The van der Waals surface area contributed by atoms with E-state index in [2.05, 4.69) is 10.3 Å². The fourth-order valence-electron chi connectivity index (χ4n) is 1.91. The Morgan fingerprint density at radius 1 is 1.50 bits per heavy atom. The van der Waals surface area contributed by atoms with Crippen molar-refractivity contribution in [2.75, 3.05) is 11.9 Å². The molecule has 20 heavy (non-hydrogen) atoms. The normalized spacial score (nSPS) is 17.4. The minimum absolute atomic E-state index is 0.0326. The lowest BCUT2D eigenvalue weighted by atomic mass is 9.80. The number of aromatic nitrogens is 1. The molecule has 0 bridgehead atoms. The monoisotopic (exact) mass is 291 g/mol. The van der Waals surface area contributed by atoms with Crippen molar-refractivity contribution < 1.29 is 23.2 Å². The molecule has 1 saturated carbocycles. The van der Waals surface area contributed by atoms with Crippen molar-refractivity contribution in [3.63, 3.8) is 0 Å². The van der Waals surface area contributed by atoms with Crippen molar-refractivity contribution in [2.45, 2.75) is 31.0 Å². The Hall–Kier alpha value is -1.90. The van der Waals surface area contributed by atoms with Crippen LogP contribution in [0.3, 0.4) is 0 Å². The van der Waals surface area contributed by atoms with Crippen LogP contribution in [0.4, 0.5) is 24.5 Å². The van der Waals surface area contributed by atoms with E-state index in [9.17, 15) is 28.4 Å². The SMILES string of the molecule is O=[N+]([O-])c1cnc(C(F)(F)F)cc1NCC1(O)CCC1. The van der Waals surface area contributed by atoms with Gasteiger partial charge in [0.2, 0.25) is 0 Å². The van der Waals surface area contributed by atoms with Crippen LogP contribution in [0.2, 0.25) is 0 Å². The van der Waals surface area contributed by atoms with Crippen molar-refractivity contribution in [3.05, 3.63) is 28.1 Å². The van der Waals surface area contributed by atoms with E-state index in [0.717, 1.165) is 6.42 Å². The number of alkyl halides is 3. The number of nitro groups is 1. The van der Waals surface area contributed by atoms with Crippen molar-refractivity contribution in [1.82, 2.24) is 4.98 Å². The molecule has 2 rings (SSSR count). The topological polar surface area (TPSA) is 88.3 Å². The molecule has 0 aromatic carbocycles. The first-order valence-electron chi connectivity index (χ1n) is 5.89. The summed E-state index contributed by atoms with van der Waals surface area (Å²) in [7, 11) is 0. The molecule has 0 saturated heterocycles. The Balaban J connectivity index is 2.25. The van der Waals surface area contributed by atoms with E-state index in [1.807, 2.05) is 0 Å². The summed E-state index contributed by atoms with van der Waals surface area (Å²) >= 11 is 0. The minimum atomic E-state index is -4.68. The molecule has 1 aromatic rings. The maximum absolute atomic E-state index is 12.5. The molecule has 6 nitrogen and oxygen atoms in total. The molecule has 0 amide bonds. The Morgan fingerprint density at radius 3 is 2.60 bits per heavy atom. The molecule has 0 atom stereocenters. The first-order chi connectivity index (χ1) is 9.21. The summed E-state index contributed by atoms with van der Waals surface area (Å²) in [5, 5.41) is 23.2. The average molecular weight is 291 g/mol. The van der Waals surface area contributed by atoms with Gasteiger partial charge in [0, 0.05) is 6.54 Å². The van der Waals surface area contributed by atoms with Crippen LogP contribution in [0.1, 0.15) is 25.0 Å². The van der Waals surface area contributed by atoms with Gasteiger partial charge in [-0.3, -0.25) is 10.1 Å². The molecular formula is C11H12F3N3O3. The number of aliphatic hydroxyl groups is 1. The van der Waals surface area contributed by atoms with Crippen LogP contribution >= 0.6 is 0 Å². The van der Waals surface area contributed by atoms with Crippen LogP contribution in [-0.2, 0) is 6.18 Å². The Morgan fingerprint density at radius 2 is 2.15 bits per heavy atom. The fraction of sp³-hybridized carbons (Fsp3) is 0.545. The first kappa shape index (κ1) is 14.5. The van der Waals surface area contributed by atoms with Gasteiger partial charge in [-0.1, -0.05) is 0 Å². The van der Waals surface area contributed by atoms with Gasteiger partial charge >= 0.3 is 11.9 Å². The van der Waals surface area contributed by atoms with Crippen LogP contribution in [0.15, 0.2) is 12.3 Å². The molecule has 1 fully saturated rings. The standard InChI is InChI=1S/C11H12F3N3O3/c12-11(13,14)9-4-7(8(5-15-9)17(19)20)16-6-10(18)2-1-3-10/h4-5,18H,1-3,6H2,(H,15,16). The first-order valence-corrected chi connectivity index (χ1v) is 5.89. The van der Waals surface area contributed by atoms with E-state index in [4.69, 9.17) is 0 Å². The van der Waals surface area contributed by atoms with Gasteiger partial charge in [0.1, 0.15) is 17.6 Å². The highest BCUT2D eigenvalue weighted by Crippen LogP contribution is 2.35. The smallest absolute Gasteiger partial charge is 0.388 e. The van der Waals surface area contributed by atoms with E-state index in [0.29, 0.717) is 25.1 Å². The summed E-state index contributed by atoms with van der Waals surface area (Å²) in [6.07, 6.45) is -2.25. The molecule has 2 N–H and O–H groups in total. The van der Waals surface area contributed by atoms with Crippen molar-refractivity contribution >= 4 is 11.4 Å². The molecule has 110 valence electrons. The molecule has 0 spiro atoms. The second-order valence-corrected chi connectivity index (χ2v) is 4.77. The summed E-state index contributed by atoms with van der Waals surface area (Å²) in [6.45, 7) is -0.0326. The molecule has 0 aliphatic heterocycles. The average Bonchev–Trinajstić information content (AvgIpc) is 2.32. The summed E-state index contributed by atoms with van der Waals surface area (Å²) < 4.78 is 37.6. The number of anilines is 1. The zero-order chi connectivity index (χ0) is 15.0. The zero-order valence-corrected chi connectivity index (χ0v) is 10.3. The van der Waals surface area contributed by atoms with E-state index in [-0.39, 0.29) is 12.2 Å². The summed E-state index contributed by atoms with van der Waals surface area (Å²) in [4.78, 5) is 13.0. The molecule has 1 heterocycles. The van der Waals surface area contributed by atoms with Gasteiger partial charge in [0.25, 0.3) is 0 Å². The quantitative estimate of drug-likeness (QED) is 0.656. The number of nitrogens with one attached hydrogen (secondary N) is 1. The molecule has 9 heteroatoms. The van der Waals surface area contributed by atoms with E-state index in [1.54, 1.807) is 0 Å². The van der Waals surface area contributed by atoms with Crippen LogP contribution in [0, 0.1) is 10.1 Å². The van der Waals surface area contributed by atoms with Crippen molar-refractivity contribution in [3.8, 4) is 0 Å². The third-order valence-electron chi connectivity index (χ3n) is 3.26. The van der Waals surface area contributed by atoms with E-state index in [1.165, 1.54) is 0 Å². The third-order valence-corrected chi connectivity index (χ3v) is 3.26.